The highest BCUT2D eigenvalue weighted by Gasteiger charge is 2.25. The number of pyridine rings is 1. The lowest BCUT2D eigenvalue weighted by Crippen LogP contribution is -2.44. The topological polar surface area (TPSA) is 72.5 Å². The SMILES string of the molecule is COc1ccc2c(c1)NCC(C(=O)NCc1cccnc1)O2. The monoisotopic (exact) mass is 299 g/mol. The molecule has 1 aliphatic rings. The summed E-state index contributed by atoms with van der Waals surface area (Å²) in [6, 6.07) is 9.19. The molecule has 0 radical (unpaired) electrons. The van der Waals surface area contributed by atoms with Gasteiger partial charge in [-0.1, -0.05) is 6.07 Å². The van der Waals surface area contributed by atoms with Crippen molar-refractivity contribution in [3.05, 3.63) is 48.3 Å². The minimum Gasteiger partial charge on any atom is -0.497 e. The first-order chi connectivity index (χ1) is 10.8. The Morgan fingerprint density at radius 3 is 3.18 bits per heavy atom. The summed E-state index contributed by atoms with van der Waals surface area (Å²) in [5, 5.41) is 6.04. The lowest BCUT2D eigenvalue weighted by atomic mass is 10.2. The largest absolute Gasteiger partial charge is 0.497 e. The Morgan fingerprint density at radius 1 is 1.50 bits per heavy atom. The second-order valence-electron chi connectivity index (χ2n) is 4.93. The molecule has 0 saturated heterocycles. The third-order valence-electron chi connectivity index (χ3n) is 3.42. The summed E-state index contributed by atoms with van der Waals surface area (Å²) in [7, 11) is 1.61. The second-order valence-corrected chi connectivity index (χ2v) is 4.93. The molecule has 22 heavy (non-hydrogen) atoms. The van der Waals surface area contributed by atoms with E-state index in [4.69, 9.17) is 9.47 Å². The van der Waals surface area contributed by atoms with Gasteiger partial charge in [0.05, 0.1) is 19.3 Å². The van der Waals surface area contributed by atoms with E-state index in [0.717, 1.165) is 17.0 Å². The van der Waals surface area contributed by atoms with Gasteiger partial charge in [-0.25, -0.2) is 0 Å². The van der Waals surface area contributed by atoms with Gasteiger partial charge in [-0.15, -0.1) is 0 Å². The van der Waals surface area contributed by atoms with Gasteiger partial charge in [-0.05, 0) is 23.8 Å². The fourth-order valence-corrected chi connectivity index (χ4v) is 2.23. The standard InChI is InChI=1S/C16H17N3O3/c1-21-12-4-5-14-13(7-12)18-10-15(22-14)16(20)19-9-11-3-2-6-17-8-11/h2-8,15,18H,9-10H2,1H3,(H,19,20). The molecule has 2 heterocycles. The van der Waals surface area contributed by atoms with E-state index in [0.29, 0.717) is 18.8 Å². The van der Waals surface area contributed by atoms with Crippen LogP contribution in [0.4, 0.5) is 5.69 Å². The maximum atomic E-state index is 12.2. The minimum atomic E-state index is -0.558. The number of amides is 1. The summed E-state index contributed by atoms with van der Waals surface area (Å²) in [6.07, 6.45) is 2.87. The molecular weight excluding hydrogens is 282 g/mol. The van der Waals surface area contributed by atoms with Crippen LogP contribution in [0, 0.1) is 0 Å². The molecule has 1 aromatic carbocycles. The van der Waals surface area contributed by atoms with Gasteiger partial charge in [0, 0.05) is 25.0 Å². The highest BCUT2D eigenvalue weighted by molar-refractivity contribution is 5.83. The third-order valence-corrected chi connectivity index (χ3v) is 3.42. The molecule has 1 atom stereocenters. The van der Waals surface area contributed by atoms with Gasteiger partial charge in [0.25, 0.3) is 5.91 Å². The molecule has 1 aliphatic heterocycles. The summed E-state index contributed by atoms with van der Waals surface area (Å²) >= 11 is 0. The Labute approximate surface area is 128 Å². The van der Waals surface area contributed by atoms with Crippen molar-refractivity contribution in [2.24, 2.45) is 0 Å². The summed E-state index contributed by atoms with van der Waals surface area (Å²) < 4.78 is 10.9. The van der Waals surface area contributed by atoms with Crippen LogP contribution in [0.2, 0.25) is 0 Å². The van der Waals surface area contributed by atoms with E-state index in [1.807, 2.05) is 18.2 Å². The lowest BCUT2D eigenvalue weighted by Gasteiger charge is -2.26. The summed E-state index contributed by atoms with van der Waals surface area (Å²) in [6.45, 7) is 0.848. The van der Waals surface area contributed by atoms with Crippen molar-refractivity contribution in [2.45, 2.75) is 12.6 Å². The van der Waals surface area contributed by atoms with Gasteiger partial charge in [0.2, 0.25) is 0 Å². The van der Waals surface area contributed by atoms with E-state index in [-0.39, 0.29) is 5.91 Å². The Bertz CT molecular complexity index is 661. The maximum absolute atomic E-state index is 12.2. The first-order valence-electron chi connectivity index (χ1n) is 7.01. The van der Waals surface area contributed by atoms with Gasteiger partial charge in [-0.2, -0.15) is 0 Å². The van der Waals surface area contributed by atoms with E-state index in [1.54, 1.807) is 31.6 Å². The number of ether oxygens (including phenoxy) is 2. The van der Waals surface area contributed by atoms with Crippen molar-refractivity contribution in [1.29, 1.82) is 0 Å². The van der Waals surface area contributed by atoms with Crippen LogP contribution >= 0.6 is 0 Å². The van der Waals surface area contributed by atoms with Gasteiger partial charge in [0.15, 0.2) is 6.10 Å². The van der Waals surface area contributed by atoms with Gasteiger partial charge in [-0.3, -0.25) is 9.78 Å². The highest BCUT2D eigenvalue weighted by atomic mass is 16.5. The second kappa shape index (κ2) is 6.34. The molecular formula is C16H17N3O3. The normalized spacial score (nSPS) is 16.0. The van der Waals surface area contributed by atoms with Crippen LogP contribution in [-0.4, -0.2) is 30.6 Å². The molecule has 0 spiro atoms. The van der Waals surface area contributed by atoms with Crippen molar-refractivity contribution in [2.75, 3.05) is 19.0 Å². The van der Waals surface area contributed by atoms with Crippen molar-refractivity contribution in [3.8, 4) is 11.5 Å². The van der Waals surface area contributed by atoms with Gasteiger partial charge >= 0.3 is 0 Å². The number of rotatable bonds is 4. The molecule has 0 fully saturated rings. The Kier molecular flexibility index (Phi) is 4.09. The number of hydrogen-bond donors (Lipinski definition) is 2. The Balaban J connectivity index is 1.60. The number of benzene rings is 1. The predicted molar refractivity (Wildman–Crippen MR) is 82.0 cm³/mol. The van der Waals surface area contributed by atoms with Crippen molar-refractivity contribution < 1.29 is 14.3 Å². The number of nitrogens with zero attached hydrogens (tertiary/aromatic N) is 1. The van der Waals surface area contributed by atoms with Crippen LogP contribution in [-0.2, 0) is 11.3 Å². The van der Waals surface area contributed by atoms with Gasteiger partial charge in [0.1, 0.15) is 11.5 Å². The average molecular weight is 299 g/mol. The zero-order valence-electron chi connectivity index (χ0n) is 12.2. The Morgan fingerprint density at radius 2 is 2.41 bits per heavy atom. The van der Waals surface area contributed by atoms with E-state index >= 15 is 0 Å². The van der Waals surface area contributed by atoms with Crippen LogP contribution in [0.1, 0.15) is 5.56 Å². The smallest absolute Gasteiger partial charge is 0.263 e. The molecule has 1 unspecified atom stereocenters. The number of fused-ring (bicyclic) bond motifs is 1. The van der Waals surface area contributed by atoms with Crippen LogP contribution in [0.3, 0.4) is 0 Å². The molecule has 0 saturated carbocycles. The maximum Gasteiger partial charge on any atom is 0.263 e. The summed E-state index contributed by atoms with van der Waals surface area (Å²) in [5.41, 5.74) is 1.78. The zero-order valence-corrected chi connectivity index (χ0v) is 12.2. The van der Waals surface area contributed by atoms with Crippen LogP contribution in [0.5, 0.6) is 11.5 Å². The number of aromatic nitrogens is 1. The van der Waals surface area contributed by atoms with E-state index in [2.05, 4.69) is 15.6 Å². The summed E-state index contributed by atoms with van der Waals surface area (Å²) in [5.74, 6) is 1.24. The quantitative estimate of drug-likeness (QED) is 0.897. The average Bonchev–Trinajstić information content (AvgIpc) is 2.59. The molecule has 1 amide bonds. The molecule has 2 N–H and O–H groups in total. The number of nitrogens with one attached hydrogen (secondary N) is 2. The lowest BCUT2D eigenvalue weighted by molar-refractivity contribution is -0.127. The van der Waals surface area contributed by atoms with Crippen molar-refractivity contribution in [1.82, 2.24) is 10.3 Å². The van der Waals surface area contributed by atoms with Crippen molar-refractivity contribution in [3.63, 3.8) is 0 Å². The fourth-order valence-electron chi connectivity index (χ4n) is 2.23. The number of anilines is 1. The molecule has 3 rings (SSSR count). The van der Waals surface area contributed by atoms with Crippen LogP contribution in [0.25, 0.3) is 0 Å². The van der Waals surface area contributed by atoms with E-state index in [9.17, 15) is 4.79 Å². The molecule has 1 aromatic heterocycles. The molecule has 0 aliphatic carbocycles. The van der Waals surface area contributed by atoms with E-state index < -0.39 is 6.10 Å². The zero-order chi connectivity index (χ0) is 15.4. The molecule has 6 heteroatoms. The van der Waals surface area contributed by atoms with Gasteiger partial charge < -0.3 is 20.1 Å². The first kappa shape index (κ1) is 14.2. The predicted octanol–water partition coefficient (Wildman–Crippen LogP) is 1.58. The van der Waals surface area contributed by atoms with E-state index in [1.165, 1.54) is 0 Å². The molecule has 2 aromatic rings. The first-order valence-corrected chi connectivity index (χ1v) is 7.01. The minimum absolute atomic E-state index is 0.155. The van der Waals surface area contributed by atoms with Crippen molar-refractivity contribution >= 4 is 11.6 Å². The molecule has 114 valence electrons. The highest BCUT2D eigenvalue weighted by Crippen LogP contribution is 2.32. The number of carbonyl (C=O) groups is 1. The number of carbonyl (C=O) groups excluding carboxylic acids is 1. The number of hydrogen-bond acceptors (Lipinski definition) is 5. The number of methoxy groups -OCH3 is 1. The summed E-state index contributed by atoms with van der Waals surface area (Å²) in [4.78, 5) is 16.2. The molecule has 0 bridgehead atoms. The van der Waals surface area contributed by atoms with Crippen LogP contribution in [0.15, 0.2) is 42.7 Å². The van der Waals surface area contributed by atoms with Crippen LogP contribution < -0.4 is 20.1 Å². The Hall–Kier alpha value is -2.76. The third kappa shape index (κ3) is 3.11. The molecule has 6 nitrogen and oxygen atoms in total. The fraction of sp³-hybridized carbons (Fsp3) is 0.250.